The lowest BCUT2D eigenvalue weighted by molar-refractivity contribution is 0.145. The molecule has 3 nitrogen and oxygen atoms in total. The van der Waals surface area contributed by atoms with Crippen LogP contribution in [0.15, 0.2) is 0 Å². The number of rotatable bonds is 6. The van der Waals surface area contributed by atoms with Crippen molar-refractivity contribution >= 4 is 17.3 Å². The van der Waals surface area contributed by atoms with Crippen molar-refractivity contribution in [1.29, 1.82) is 0 Å². The summed E-state index contributed by atoms with van der Waals surface area (Å²) in [6, 6.07) is 0. The Morgan fingerprint density at radius 3 is 2.88 bits per heavy atom. The average molecular weight is 258 g/mol. The molecule has 1 rings (SSSR count). The van der Waals surface area contributed by atoms with Crippen LogP contribution in [0, 0.1) is 11.8 Å². The Balaban J connectivity index is 2.12. The molecule has 0 aromatic carbocycles. The molecule has 0 aromatic rings. The van der Waals surface area contributed by atoms with E-state index in [0.29, 0.717) is 0 Å². The van der Waals surface area contributed by atoms with E-state index in [1.54, 1.807) is 0 Å². The Morgan fingerprint density at radius 2 is 2.29 bits per heavy atom. The zero-order chi connectivity index (χ0) is 12.7. The van der Waals surface area contributed by atoms with E-state index in [1.807, 2.05) is 6.92 Å². The van der Waals surface area contributed by atoms with Crippen LogP contribution in [-0.4, -0.2) is 42.9 Å². The SMILES string of the molecule is CCOCCCNC(=S)N1CCC(C(C)C)C1. The summed E-state index contributed by atoms with van der Waals surface area (Å²) < 4.78 is 5.29. The molecule has 0 aliphatic carbocycles. The van der Waals surface area contributed by atoms with Crippen molar-refractivity contribution in [3.8, 4) is 0 Å². The summed E-state index contributed by atoms with van der Waals surface area (Å²) in [5.74, 6) is 1.57. The van der Waals surface area contributed by atoms with Crippen molar-refractivity contribution < 1.29 is 4.74 Å². The Hall–Kier alpha value is -0.350. The highest BCUT2D eigenvalue weighted by Gasteiger charge is 2.25. The second-order valence-electron chi connectivity index (χ2n) is 5.02. The molecule has 1 saturated heterocycles. The molecule has 0 saturated carbocycles. The summed E-state index contributed by atoms with van der Waals surface area (Å²) in [6.45, 7) is 11.4. The third-order valence-electron chi connectivity index (χ3n) is 3.40. The molecular formula is C13H26N2OS. The number of nitrogens with zero attached hydrogens (tertiary/aromatic N) is 1. The topological polar surface area (TPSA) is 24.5 Å². The molecule has 4 heteroatoms. The van der Waals surface area contributed by atoms with Crippen molar-refractivity contribution in [2.24, 2.45) is 11.8 Å². The predicted octanol–water partition coefficient (Wildman–Crippen LogP) is 2.27. The number of hydrogen-bond acceptors (Lipinski definition) is 2. The summed E-state index contributed by atoms with van der Waals surface area (Å²) in [6.07, 6.45) is 2.30. The quantitative estimate of drug-likeness (QED) is 0.583. The molecule has 17 heavy (non-hydrogen) atoms. The molecule has 0 amide bonds. The van der Waals surface area contributed by atoms with Gasteiger partial charge in [-0.1, -0.05) is 13.8 Å². The molecule has 1 aliphatic heterocycles. The van der Waals surface area contributed by atoms with Crippen LogP contribution >= 0.6 is 12.2 Å². The van der Waals surface area contributed by atoms with Gasteiger partial charge in [0.25, 0.3) is 0 Å². The van der Waals surface area contributed by atoms with Gasteiger partial charge in [0.1, 0.15) is 0 Å². The standard InChI is InChI=1S/C13H26N2OS/c1-4-16-9-5-7-14-13(17)15-8-6-12(10-15)11(2)3/h11-12H,4-10H2,1-3H3,(H,14,17). The number of thiocarbonyl (C=S) groups is 1. The number of hydrogen-bond donors (Lipinski definition) is 1. The summed E-state index contributed by atoms with van der Waals surface area (Å²) >= 11 is 5.41. The first-order valence-corrected chi connectivity index (χ1v) is 7.16. The van der Waals surface area contributed by atoms with Crippen LogP contribution in [0.3, 0.4) is 0 Å². The van der Waals surface area contributed by atoms with Crippen molar-refractivity contribution in [2.45, 2.75) is 33.6 Å². The predicted molar refractivity (Wildman–Crippen MR) is 76.2 cm³/mol. The molecule has 100 valence electrons. The van der Waals surface area contributed by atoms with E-state index in [2.05, 4.69) is 24.1 Å². The van der Waals surface area contributed by atoms with Gasteiger partial charge in [0, 0.05) is 32.8 Å². The minimum atomic E-state index is 0.765. The largest absolute Gasteiger partial charge is 0.382 e. The molecule has 1 N–H and O–H groups in total. The molecule has 0 bridgehead atoms. The highest BCUT2D eigenvalue weighted by atomic mass is 32.1. The Kier molecular flexibility index (Phi) is 6.82. The molecule has 0 radical (unpaired) electrons. The van der Waals surface area contributed by atoms with Crippen LogP contribution in [0.25, 0.3) is 0 Å². The molecule has 1 atom stereocenters. The Labute approximate surface area is 111 Å². The molecule has 1 heterocycles. The van der Waals surface area contributed by atoms with E-state index in [9.17, 15) is 0 Å². The molecule has 0 aromatic heterocycles. The third kappa shape index (κ3) is 5.21. The lowest BCUT2D eigenvalue weighted by atomic mass is 9.95. The van der Waals surface area contributed by atoms with E-state index in [0.717, 1.165) is 56.2 Å². The molecule has 0 spiro atoms. The van der Waals surface area contributed by atoms with Crippen molar-refractivity contribution in [1.82, 2.24) is 10.2 Å². The van der Waals surface area contributed by atoms with Gasteiger partial charge in [-0.3, -0.25) is 0 Å². The van der Waals surface area contributed by atoms with Crippen LogP contribution in [0.2, 0.25) is 0 Å². The normalized spacial score (nSPS) is 20.0. The number of ether oxygens (including phenoxy) is 1. The van der Waals surface area contributed by atoms with Gasteiger partial charge >= 0.3 is 0 Å². The molecule has 1 aliphatic rings. The van der Waals surface area contributed by atoms with Crippen molar-refractivity contribution in [3.05, 3.63) is 0 Å². The molecule has 1 fully saturated rings. The van der Waals surface area contributed by atoms with Crippen molar-refractivity contribution in [3.63, 3.8) is 0 Å². The maximum absolute atomic E-state index is 5.41. The molecule has 1 unspecified atom stereocenters. The van der Waals surface area contributed by atoms with Gasteiger partial charge in [0.05, 0.1) is 0 Å². The Bertz CT molecular complexity index is 233. The van der Waals surface area contributed by atoms with E-state index < -0.39 is 0 Å². The highest BCUT2D eigenvalue weighted by molar-refractivity contribution is 7.80. The summed E-state index contributed by atoms with van der Waals surface area (Å²) in [4.78, 5) is 2.31. The summed E-state index contributed by atoms with van der Waals surface area (Å²) in [7, 11) is 0. The maximum Gasteiger partial charge on any atom is 0.168 e. The van der Waals surface area contributed by atoms with Gasteiger partial charge in [0.2, 0.25) is 0 Å². The fraction of sp³-hybridized carbons (Fsp3) is 0.923. The van der Waals surface area contributed by atoms with E-state index in [-0.39, 0.29) is 0 Å². The lowest BCUT2D eigenvalue weighted by Crippen LogP contribution is -2.39. The van der Waals surface area contributed by atoms with Gasteiger partial charge in [-0.05, 0) is 43.8 Å². The zero-order valence-corrected chi connectivity index (χ0v) is 12.2. The van der Waals surface area contributed by atoms with Gasteiger partial charge in [-0.25, -0.2) is 0 Å². The molecular weight excluding hydrogens is 232 g/mol. The highest BCUT2D eigenvalue weighted by Crippen LogP contribution is 2.23. The summed E-state index contributed by atoms with van der Waals surface area (Å²) in [5, 5.41) is 4.24. The fourth-order valence-corrected chi connectivity index (χ4v) is 2.41. The summed E-state index contributed by atoms with van der Waals surface area (Å²) in [5.41, 5.74) is 0. The first-order chi connectivity index (χ1) is 8.15. The van der Waals surface area contributed by atoms with E-state index in [4.69, 9.17) is 17.0 Å². The second-order valence-corrected chi connectivity index (χ2v) is 5.41. The third-order valence-corrected chi connectivity index (χ3v) is 3.80. The second kappa shape index (κ2) is 7.88. The first-order valence-electron chi connectivity index (χ1n) is 6.75. The average Bonchev–Trinajstić information content (AvgIpc) is 2.78. The Morgan fingerprint density at radius 1 is 1.53 bits per heavy atom. The smallest absolute Gasteiger partial charge is 0.168 e. The van der Waals surface area contributed by atoms with Gasteiger partial charge in [-0.2, -0.15) is 0 Å². The number of likely N-dealkylation sites (tertiary alicyclic amines) is 1. The van der Waals surface area contributed by atoms with Crippen LogP contribution in [0.4, 0.5) is 0 Å². The lowest BCUT2D eigenvalue weighted by Gasteiger charge is -2.21. The van der Waals surface area contributed by atoms with Crippen LogP contribution < -0.4 is 5.32 Å². The number of nitrogens with one attached hydrogen (secondary N) is 1. The fourth-order valence-electron chi connectivity index (χ4n) is 2.14. The monoisotopic (exact) mass is 258 g/mol. The minimum absolute atomic E-state index is 0.765. The van der Waals surface area contributed by atoms with Gasteiger partial charge in [0.15, 0.2) is 5.11 Å². The van der Waals surface area contributed by atoms with Crippen LogP contribution in [0.5, 0.6) is 0 Å². The minimum Gasteiger partial charge on any atom is -0.382 e. The first kappa shape index (κ1) is 14.7. The van der Waals surface area contributed by atoms with Gasteiger partial charge < -0.3 is 15.0 Å². The van der Waals surface area contributed by atoms with Crippen molar-refractivity contribution in [2.75, 3.05) is 32.8 Å². The van der Waals surface area contributed by atoms with E-state index >= 15 is 0 Å². The zero-order valence-electron chi connectivity index (χ0n) is 11.4. The van der Waals surface area contributed by atoms with Gasteiger partial charge in [-0.15, -0.1) is 0 Å². The van der Waals surface area contributed by atoms with Crippen LogP contribution in [0.1, 0.15) is 33.6 Å². The van der Waals surface area contributed by atoms with Crippen LogP contribution in [-0.2, 0) is 4.74 Å². The maximum atomic E-state index is 5.41. The van der Waals surface area contributed by atoms with E-state index in [1.165, 1.54) is 6.42 Å².